The van der Waals surface area contributed by atoms with Crippen LogP contribution in [-0.4, -0.2) is 13.7 Å². The lowest BCUT2D eigenvalue weighted by Crippen LogP contribution is -2.06. The molecule has 19 heavy (non-hydrogen) atoms. The van der Waals surface area contributed by atoms with Crippen LogP contribution in [0.4, 0.5) is 15.8 Å². The van der Waals surface area contributed by atoms with Crippen LogP contribution in [0.5, 0.6) is 5.75 Å². The average molecular weight is 260 g/mol. The van der Waals surface area contributed by atoms with Crippen LogP contribution >= 0.6 is 0 Å². The van der Waals surface area contributed by atoms with Crippen molar-refractivity contribution in [2.24, 2.45) is 0 Å². The predicted molar refractivity (Wildman–Crippen MR) is 76.0 cm³/mol. The standard InChI is InChI=1S/C15H17FN2O/c1-19-14-9-12(17)8-13(10-14)18-7-6-11-4-2-3-5-15(11)16/h2-5,8-10,18H,6-7,17H2,1H3. The lowest BCUT2D eigenvalue weighted by Gasteiger charge is -2.10. The minimum absolute atomic E-state index is 0.172. The number of nitrogens with one attached hydrogen (secondary N) is 1. The van der Waals surface area contributed by atoms with Gasteiger partial charge in [-0.2, -0.15) is 0 Å². The fourth-order valence-electron chi connectivity index (χ4n) is 1.88. The second-order valence-corrected chi connectivity index (χ2v) is 4.26. The van der Waals surface area contributed by atoms with Crippen LogP contribution in [0.1, 0.15) is 5.56 Å². The molecule has 3 nitrogen and oxygen atoms in total. The lowest BCUT2D eigenvalue weighted by molar-refractivity contribution is 0.415. The highest BCUT2D eigenvalue weighted by molar-refractivity contribution is 5.59. The molecule has 0 bridgehead atoms. The second-order valence-electron chi connectivity index (χ2n) is 4.26. The van der Waals surface area contributed by atoms with Crippen molar-refractivity contribution in [1.29, 1.82) is 0 Å². The Morgan fingerprint density at radius 2 is 2.00 bits per heavy atom. The highest BCUT2D eigenvalue weighted by atomic mass is 19.1. The number of nitrogen functional groups attached to an aromatic ring is 1. The van der Waals surface area contributed by atoms with Crippen molar-refractivity contribution in [1.82, 2.24) is 0 Å². The van der Waals surface area contributed by atoms with Gasteiger partial charge in [-0.1, -0.05) is 18.2 Å². The van der Waals surface area contributed by atoms with Crippen molar-refractivity contribution in [2.75, 3.05) is 24.7 Å². The maximum Gasteiger partial charge on any atom is 0.126 e. The molecule has 0 spiro atoms. The molecular formula is C15H17FN2O. The Bertz CT molecular complexity index is 558. The molecule has 0 saturated carbocycles. The molecule has 0 unspecified atom stereocenters. The molecule has 100 valence electrons. The van der Waals surface area contributed by atoms with Crippen molar-refractivity contribution in [3.63, 3.8) is 0 Å². The minimum Gasteiger partial charge on any atom is -0.497 e. The quantitative estimate of drug-likeness (QED) is 0.812. The highest BCUT2D eigenvalue weighted by Crippen LogP contribution is 2.22. The third kappa shape index (κ3) is 3.61. The van der Waals surface area contributed by atoms with Gasteiger partial charge in [-0.25, -0.2) is 4.39 Å². The normalized spacial score (nSPS) is 10.2. The number of hydrogen-bond donors (Lipinski definition) is 2. The summed E-state index contributed by atoms with van der Waals surface area (Å²) in [5.74, 6) is 0.530. The number of rotatable bonds is 5. The minimum atomic E-state index is -0.172. The summed E-state index contributed by atoms with van der Waals surface area (Å²) in [6.07, 6.45) is 0.615. The number of nitrogens with two attached hydrogens (primary N) is 1. The van der Waals surface area contributed by atoms with Gasteiger partial charge in [-0.15, -0.1) is 0 Å². The number of ether oxygens (including phenoxy) is 1. The molecule has 0 saturated heterocycles. The van der Waals surface area contributed by atoms with Gasteiger partial charge in [0, 0.05) is 30.1 Å². The van der Waals surface area contributed by atoms with E-state index in [-0.39, 0.29) is 5.82 Å². The van der Waals surface area contributed by atoms with E-state index < -0.39 is 0 Å². The number of methoxy groups -OCH3 is 1. The van der Waals surface area contributed by atoms with Gasteiger partial charge in [0.15, 0.2) is 0 Å². The van der Waals surface area contributed by atoms with Gasteiger partial charge in [0.2, 0.25) is 0 Å². The summed E-state index contributed by atoms with van der Waals surface area (Å²) in [6, 6.07) is 12.2. The molecule has 2 aromatic carbocycles. The van der Waals surface area contributed by atoms with Crippen LogP contribution in [-0.2, 0) is 6.42 Å². The molecule has 0 heterocycles. The van der Waals surface area contributed by atoms with Crippen LogP contribution in [0.3, 0.4) is 0 Å². The molecule has 0 aliphatic carbocycles. The summed E-state index contributed by atoms with van der Waals surface area (Å²) in [6.45, 7) is 0.632. The Labute approximate surface area is 112 Å². The van der Waals surface area contributed by atoms with Crippen molar-refractivity contribution in [3.05, 3.63) is 53.8 Å². The van der Waals surface area contributed by atoms with Crippen molar-refractivity contribution in [2.45, 2.75) is 6.42 Å². The van der Waals surface area contributed by atoms with Crippen LogP contribution < -0.4 is 15.8 Å². The molecule has 0 aromatic heterocycles. The van der Waals surface area contributed by atoms with E-state index in [1.165, 1.54) is 6.07 Å². The molecule has 0 amide bonds. The van der Waals surface area contributed by atoms with Gasteiger partial charge in [0.1, 0.15) is 11.6 Å². The summed E-state index contributed by atoms with van der Waals surface area (Å²) in [7, 11) is 1.60. The first-order valence-electron chi connectivity index (χ1n) is 6.11. The number of halogens is 1. The highest BCUT2D eigenvalue weighted by Gasteiger charge is 2.02. The third-order valence-electron chi connectivity index (χ3n) is 2.85. The van der Waals surface area contributed by atoms with Gasteiger partial charge in [0.05, 0.1) is 7.11 Å². The summed E-state index contributed by atoms with van der Waals surface area (Å²) >= 11 is 0. The smallest absolute Gasteiger partial charge is 0.126 e. The Morgan fingerprint density at radius 1 is 1.21 bits per heavy atom. The van der Waals surface area contributed by atoms with Gasteiger partial charge in [-0.3, -0.25) is 0 Å². The lowest BCUT2D eigenvalue weighted by atomic mass is 10.1. The van der Waals surface area contributed by atoms with E-state index in [1.54, 1.807) is 25.3 Å². The van der Waals surface area contributed by atoms with Crippen LogP contribution in [0.15, 0.2) is 42.5 Å². The van der Waals surface area contributed by atoms with E-state index in [0.29, 0.717) is 30.0 Å². The third-order valence-corrected chi connectivity index (χ3v) is 2.85. The molecule has 0 aliphatic rings. The van der Waals surface area contributed by atoms with Crippen LogP contribution in [0.2, 0.25) is 0 Å². The van der Waals surface area contributed by atoms with Gasteiger partial charge >= 0.3 is 0 Å². The maximum atomic E-state index is 13.4. The summed E-state index contributed by atoms with van der Waals surface area (Å²) in [5, 5.41) is 3.21. The molecule has 0 radical (unpaired) electrons. The van der Waals surface area contributed by atoms with Gasteiger partial charge in [-0.05, 0) is 24.1 Å². The molecule has 4 heteroatoms. The molecular weight excluding hydrogens is 243 g/mol. The first-order valence-corrected chi connectivity index (χ1v) is 6.11. The molecule has 0 atom stereocenters. The topological polar surface area (TPSA) is 47.3 Å². The monoisotopic (exact) mass is 260 g/mol. The summed E-state index contributed by atoms with van der Waals surface area (Å²) in [5.41, 5.74) is 7.96. The van der Waals surface area contributed by atoms with E-state index in [4.69, 9.17) is 10.5 Å². The number of hydrogen-bond acceptors (Lipinski definition) is 3. The Balaban J connectivity index is 1.96. The SMILES string of the molecule is COc1cc(N)cc(NCCc2ccccc2F)c1. The Hall–Kier alpha value is -2.23. The van der Waals surface area contributed by atoms with Crippen LogP contribution in [0.25, 0.3) is 0 Å². The molecule has 0 fully saturated rings. The number of anilines is 2. The van der Waals surface area contributed by atoms with Crippen molar-refractivity contribution >= 4 is 11.4 Å². The average Bonchev–Trinajstić information content (AvgIpc) is 2.40. The van der Waals surface area contributed by atoms with Gasteiger partial charge < -0.3 is 15.8 Å². The van der Waals surface area contributed by atoms with E-state index in [2.05, 4.69) is 5.32 Å². The van der Waals surface area contributed by atoms with Gasteiger partial charge in [0.25, 0.3) is 0 Å². The zero-order valence-corrected chi connectivity index (χ0v) is 10.8. The largest absolute Gasteiger partial charge is 0.497 e. The summed E-state index contributed by atoms with van der Waals surface area (Å²) < 4.78 is 18.6. The number of benzene rings is 2. The Kier molecular flexibility index (Phi) is 4.23. The first kappa shape index (κ1) is 13.2. The molecule has 2 rings (SSSR count). The first-order chi connectivity index (χ1) is 9.19. The summed E-state index contributed by atoms with van der Waals surface area (Å²) in [4.78, 5) is 0. The van der Waals surface area contributed by atoms with Crippen LogP contribution in [0, 0.1) is 5.82 Å². The van der Waals surface area contributed by atoms with E-state index in [9.17, 15) is 4.39 Å². The zero-order chi connectivity index (χ0) is 13.7. The van der Waals surface area contributed by atoms with E-state index in [1.807, 2.05) is 18.2 Å². The van der Waals surface area contributed by atoms with Crippen molar-refractivity contribution in [3.8, 4) is 5.75 Å². The predicted octanol–water partition coefficient (Wildman–Crippen LogP) is 3.07. The maximum absolute atomic E-state index is 13.4. The fraction of sp³-hybridized carbons (Fsp3) is 0.200. The second kappa shape index (κ2) is 6.09. The van der Waals surface area contributed by atoms with E-state index in [0.717, 1.165) is 5.69 Å². The molecule has 3 N–H and O–H groups in total. The fourth-order valence-corrected chi connectivity index (χ4v) is 1.88. The van der Waals surface area contributed by atoms with Crippen molar-refractivity contribution < 1.29 is 9.13 Å². The Morgan fingerprint density at radius 3 is 2.74 bits per heavy atom. The molecule has 0 aliphatic heterocycles. The molecule has 2 aromatic rings. The zero-order valence-electron chi connectivity index (χ0n) is 10.8. The van der Waals surface area contributed by atoms with E-state index >= 15 is 0 Å².